The highest BCUT2D eigenvalue weighted by molar-refractivity contribution is 8.01. The number of carboxylic acids is 1. The van der Waals surface area contributed by atoms with Crippen molar-refractivity contribution in [2.24, 2.45) is 11.5 Å². The minimum atomic E-state index is -1.17. The van der Waals surface area contributed by atoms with Gasteiger partial charge in [-0.05, 0) is 16.0 Å². The van der Waals surface area contributed by atoms with Gasteiger partial charge in [0.1, 0.15) is 23.7 Å². The van der Waals surface area contributed by atoms with Crippen LogP contribution in [-0.2, 0) is 20.9 Å². The van der Waals surface area contributed by atoms with E-state index in [4.69, 9.17) is 11.5 Å². The van der Waals surface area contributed by atoms with Crippen LogP contribution < -0.4 is 11.5 Å². The summed E-state index contributed by atoms with van der Waals surface area (Å²) in [5, 5.41) is 20.3. The smallest absolute Gasteiger partial charge is 0.352 e. The van der Waals surface area contributed by atoms with Gasteiger partial charge in [-0.15, -0.1) is 16.9 Å². The number of fused-ring (bicyclic) bond motifs is 1. The second-order valence-corrected chi connectivity index (χ2v) is 7.11. The Morgan fingerprint density at radius 3 is 2.88 bits per heavy atom. The first-order chi connectivity index (χ1) is 11.4. The van der Waals surface area contributed by atoms with E-state index in [1.807, 2.05) is 0 Å². The summed E-state index contributed by atoms with van der Waals surface area (Å²) >= 11 is 2.59. The normalized spacial score (nSPS) is 23.0. The number of hydrogen-bond donors (Lipinski definition) is 3. The van der Waals surface area contributed by atoms with Crippen LogP contribution in [0.25, 0.3) is 0 Å². The lowest BCUT2D eigenvalue weighted by Crippen LogP contribution is -2.68. The Morgan fingerprint density at radius 1 is 1.46 bits per heavy atom. The van der Waals surface area contributed by atoms with Crippen LogP contribution in [0.5, 0.6) is 0 Å². The zero-order chi connectivity index (χ0) is 17.4. The zero-order valence-corrected chi connectivity index (χ0v) is 13.8. The summed E-state index contributed by atoms with van der Waals surface area (Å²) in [6.07, 6.45) is 0. The molecule has 0 saturated carbocycles. The molecular weight excluding hydrogens is 358 g/mol. The summed E-state index contributed by atoms with van der Waals surface area (Å²) in [7, 11) is 0. The van der Waals surface area contributed by atoms with E-state index in [2.05, 4.69) is 15.5 Å². The monoisotopic (exact) mass is 371 g/mol. The van der Waals surface area contributed by atoms with Crippen molar-refractivity contribution < 1.29 is 19.5 Å². The van der Waals surface area contributed by atoms with E-state index in [0.717, 1.165) is 0 Å². The van der Waals surface area contributed by atoms with E-state index in [9.17, 15) is 19.5 Å². The van der Waals surface area contributed by atoms with Gasteiger partial charge >= 0.3 is 5.97 Å². The first-order valence-electron chi connectivity index (χ1n) is 6.73. The molecule has 1 unspecified atom stereocenters. The number of thioether (sulfide) groups is 2. The second kappa shape index (κ2) is 6.41. The molecule has 3 heterocycles. The minimum absolute atomic E-state index is 0.0353. The SMILES string of the molecule is NC(=O)Cn1nnnc1SCC1=C(C(=O)O)N2C(=O)C(N)[C@H]2SC1. The number of carbonyl (C=O) groups excluding carboxylic acids is 2. The average molecular weight is 371 g/mol. The highest BCUT2D eigenvalue weighted by atomic mass is 32.2. The molecule has 2 atom stereocenters. The van der Waals surface area contributed by atoms with Crippen LogP contribution in [0, 0.1) is 0 Å². The Bertz CT molecular complexity index is 748. The number of hydrogen-bond acceptors (Lipinski definition) is 9. The average Bonchev–Trinajstić information content (AvgIpc) is 2.97. The van der Waals surface area contributed by atoms with Crippen LogP contribution in [0.15, 0.2) is 16.4 Å². The molecule has 2 aliphatic rings. The van der Waals surface area contributed by atoms with Crippen LogP contribution in [-0.4, -0.2) is 70.9 Å². The lowest BCUT2D eigenvalue weighted by molar-refractivity contribution is -0.147. The van der Waals surface area contributed by atoms with Crippen LogP contribution in [0.3, 0.4) is 0 Å². The molecule has 1 aromatic rings. The molecule has 1 aromatic heterocycles. The summed E-state index contributed by atoms with van der Waals surface area (Å²) < 4.78 is 1.23. The summed E-state index contributed by atoms with van der Waals surface area (Å²) in [4.78, 5) is 35.6. The highest BCUT2D eigenvalue weighted by Crippen LogP contribution is 2.40. The Labute approximate surface area is 143 Å². The first kappa shape index (κ1) is 16.7. The molecule has 0 spiro atoms. The number of carbonyl (C=O) groups is 3. The van der Waals surface area contributed by atoms with Gasteiger partial charge in [-0.2, -0.15) is 0 Å². The van der Waals surface area contributed by atoms with Crippen LogP contribution >= 0.6 is 23.5 Å². The molecule has 128 valence electrons. The summed E-state index contributed by atoms with van der Waals surface area (Å²) in [6, 6.07) is -0.665. The van der Waals surface area contributed by atoms with Crippen LogP contribution in [0.4, 0.5) is 0 Å². The number of aromatic nitrogens is 4. The third kappa shape index (κ3) is 2.85. The van der Waals surface area contributed by atoms with Gasteiger partial charge in [0, 0.05) is 11.5 Å². The van der Waals surface area contributed by atoms with Crippen molar-refractivity contribution in [2.75, 3.05) is 11.5 Å². The third-order valence-corrected chi connectivity index (χ3v) is 5.88. The first-order valence-corrected chi connectivity index (χ1v) is 8.76. The fourth-order valence-corrected chi connectivity index (χ4v) is 4.70. The van der Waals surface area contributed by atoms with Crippen molar-refractivity contribution in [3.63, 3.8) is 0 Å². The molecule has 0 bridgehead atoms. The largest absolute Gasteiger partial charge is 0.477 e. The Hall–Kier alpha value is -2.12. The molecule has 24 heavy (non-hydrogen) atoms. The van der Waals surface area contributed by atoms with Crippen molar-refractivity contribution in [1.82, 2.24) is 25.1 Å². The van der Waals surface area contributed by atoms with E-state index in [-0.39, 0.29) is 23.4 Å². The van der Waals surface area contributed by atoms with Crippen LogP contribution in [0.1, 0.15) is 0 Å². The zero-order valence-electron chi connectivity index (χ0n) is 12.2. The lowest BCUT2D eigenvalue weighted by atomic mass is 10.0. The molecule has 11 nitrogen and oxygen atoms in total. The highest BCUT2D eigenvalue weighted by Gasteiger charge is 2.51. The van der Waals surface area contributed by atoms with Crippen molar-refractivity contribution in [2.45, 2.75) is 23.1 Å². The van der Waals surface area contributed by atoms with Gasteiger partial charge in [-0.3, -0.25) is 14.5 Å². The van der Waals surface area contributed by atoms with E-state index >= 15 is 0 Å². The predicted molar refractivity (Wildman–Crippen MR) is 83.5 cm³/mol. The summed E-state index contributed by atoms with van der Waals surface area (Å²) in [6.45, 7) is -0.170. The number of β-lactam (4-membered cyclic amide) rings is 1. The molecular formula is C11H13N7O4S2. The maximum absolute atomic E-state index is 11.9. The van der Waals surface area contributed by atoms with Gasteiger partial charge in [-0.25, -0.2) is 9.48 Å². The number of nitrogens with zero attached hydrogens (tertiary/aromatic N) is 5. The van der Waals surface area contributed by atoms with E-state index in [1.165, 1.54) is 33.1 Å². The predicted octanol–water partition coefficient (Wildman–Crippen LogP) is -2.17. The Morgan fingerprint density at radius 2 is 2.21 bits per heavy atom. The van der Waals surface area contributed by atoms with Crippen molar-refractivity contribution in [1.29, 1.82) is 0 Å². The molecule has 1 fully saturated rings. The standard InChI is InChI=1S/C11H13N7O4S2/c12-5(19)1-17-11(14-15-16-17)24-3-4-2-23-9-6(13)8(20)18(9)7(4)10(21)22/h6,9H,1-3,13H2,(H2,12,19)(H,21,22)/t6?,9-/m1/s1. The third-order valence-electron chi connectivity index (χ3n) is 3.47. The van der Waals surface area contributed by atoms with E-state index < -0.39 is 23.8 Å². The van der Waals surface area contributed by atoms with Gasteiger partial charge in [0.15, 0.2) is 0 Å². The molecule has 3 rings (SSSR count). The van der Waals surface area contributed by atoms with Crippen molar-refractivity contribution >= 4 is 41.3 Å². The second-order valence-electron chi connectivity index (χ2n) is 5.07. The molecule has 2 amide bonds. The van der Waals surface area contributed by atoms with E-state index in [1.54, 1.807) is 0 Å². The number of primary amides is 1. The quantitative estimate of drug-likeness (QED) is 0.369. The topological polar surface area (TPSA) is 170 Å². The van der Waals surface area contributed by atoms with Gasteiger partial charge in [0.2, 0.25) is 17.0 Å². The Balaban J connectivity index is 1.78. The van der Waals surface area contributed by atoms with Gasteiger partial charge < -0.3 is 16.6 Å². The fourth-order valence-electron chi connectivity index (χ4n) is 2.39. The van der Waals surface area contributed by atoms with Crippen molar-refractivity contribution in [3.05, 3.63) is 11.3 Å². The maximum atomic E-state index is 11.9. The molecule has 2 aliphatic heterocycles. The molecule has 13 heteroatoms. The van der Waals surface area contributed by atoms with Crippen LogP contribution in [0.2, 0.25) is 0 Å². The number of carboxylic acid groups (broad SMARTS) is 1. The maximum Gasteiger partial charge on any atom is 0.352 e. The lowest BCUT2D eigenvalue weighted by Gasteiger charge is -2.48. The van der Waals surface area contributed by atoms with E-state index in [0.29, 0.717) is 16.5 Å². The summed E-state index contributed by atoms with van der Waals surface area (Å²) in [5.41, 5.74) is 11.3. The fraction of sp³-hybridized carbons (Fsp3) is 0.455. The number of amides is 2. The number of rotatable bonds is 6. The van der Waals surface area contributed by atoms with Gasteiger partial charge in [-0.1, -0.05) is 11.8 Å². The van der Waals surface area contributed by atoms with Gasteiger partial charge in [0.05, 0.1) is 0 Å². The molecule has 5 N–H and O–H groups in total. The summed E-state index contributed by atoms with van der Waals surface area (Å²) in [5.74, 6) is -1.46. The Kier molecular flexibility index (Phi) is 4.47. The molecule has 0 aromatic carbocycles. The molecule has 1 saturated heterocycles. The number of tetrazole rings is 1. The number of aliphatic carboxylic acids is 1. The van der Waals surface area contributed by atoms with Gasteiger partial charge in [0.25, 0.3) is 0 Å². The minimum Gasteiger partial charge on any atom is -0.477 e. The van der Waals surface area contributed by atoms with Crippen molar-refractivity contribution in [3.8, 4) is 0 Å². The molecule has 0 radical (unpaired) electrons. The molecule has 0 aliphatic carbocycles. The number of nitrogens with two attached hydrogens (primary N) is 2.